The minimum absolute atomic E-state index is 0.0151. The molecule has 1 saturated heterocycles. The lowest BCUT2D eigenvalue weighted by molar-refractivity contribution is -0.138. The van der Waals surface area contributed by atoms with Gasteiger partial charge in [-0.3, -0.25) is 14.5 Å². The Bertz CT molecular complexity index is 669. The van der Waals surface area contributed by atoms with Crippen LogP contribution in [0, 0.1) is 12.3 Å². The number of nitrogens with zero attached hydrogens (tertiary/aromatic N) is 2. The molecular weight excluding hydrogens is 361 g/mol. The van der Waals surface area contributed by atoms with Crippen molar-refractivity contribution in [2.24, 2.45) is 5.41 Å². The highest BCUT2D eigenvalue weighted by atomic mass is 35.5. The van der Waals surface area contributed by atoms with Crippen LogP contribution in [0.2, 0.25) is 0 Å². The molecule has 1 N–H and O–H groups in total. The van der Waals surface area contributed by atoms with Gasteiger partial charge < -0.3 is 10.2 Å². The normalized spacial score (nSPS) is 25.5. The van der Waals surface area contributed by atoms with Crippen molar-refractivity contribution in [3.8, 4) is 0 Å². The zero-order valence-electron chi connectivity index (χ0n) is 14.5. The summed E-state index contributed by atoms with van der Waals surface area (Å²) in [5.41, 5.74) is 1.29. The number of hydrogen-bond acceptors (Lipinski definition) is 3. The second kappa shape index (κ2) is 6.78. The molecule has 2 amide bonds. The summed E-state index contributed by atoms with van der Waals surface area (Å²) in [4.78, 5) is 28.6. The SMILES string of the molecule is Cc1ccc(NC(=O)CN2CCN(C(=O)[C@@]3(C)CC3(Cl)Cl)CC2)cc1. The van der Waals surface area contributed by atoms with Crippen molar-refractivity contribution in [3.05, 3.63) is 29.8 Å². The summed E-state index contributed by atoms with van der Waals surface area (Å²) in [6, 6.07) is 7.72. The summed E-state index contributed by atoms with van der Waals surface area (Å²) < 4.78 is -0.935. The van der Waals surface area contributed by atoms with Gasteiger partial charge in [0, 0.05) is 31.9 Å². The zero-order valence-corrected chi connectivity index (χ0v) is 16.0. The first-order chi connectivity index (χ1) is 11.7. The van der Waals surface area contributed by atoms with E-state index in [1.807, 2.05) is 38.1 Å². The molecule has 0 radical (unpaired) electrons. The number of halogens is 2. The van der Waals surface area contributed by atoms with Gasteiger partial charge in [0.25, 0.3) is 0 Å². The van der Waals surface area contributed by atoms with E-state index in [0.717, 1.165) is 11.3 Å². The lowest BCUT2D eigenvalue weighted by Crippen LogP contribution is -2.52. The largest absolute Gasteiger partial charge is 0.340 e. The number of alkyl halides is 2. The molecule has 1 aliphatic heterocycles. The van der Waals surface area contributed by atoms with Crippen LogP contribution in [0.25, 0.3) is 0 Å². The van der Waals surface area contributed by atoms with E-state index in [1.165, 1.54) is 0 Å². The molecule has 1 atom stereocenters. The van der Waals surface area contributed by atoms with Gasteiger partial charge in [-0.05, 0) is 32.4 Å². The van der Waals surface area contributed by atoms with Crippen molar-refractivity contribution in [1.82, 2.24) is 9.80 Å². The van der Waals surface area contributed by atoms with E-state index in [4.69, 9.17) is 23.2 Å². The van der Waals surface area contributed by atoms with Crippen molar-refractivity contribution < 1.29 is 9.59 Å². The Morgan fingerprint density at radius 3 is 2.20 bits per heavy atom. The summed E-state index contributed by atoms with van der Waals surface area (Å²) in [7, 11) is 0. The number of nitrogens with one attached hydrogen (secondary N) is 1. The van der Waals surface area contributed by atoms with E-state index in [0.29, 0.717) is 39.1 Å². The number of benzene rings is 1. The van der Waals surface area contributed by atoms with Crippen molar-refractivity contribution in [3.63, 3.8) is 0 Å². The Hall–Kier alpha value is -1.30. The Kier molecular flexibility index (Phi) is 5.02. The van der Waals surface area contributed by atoms with Crippen molar-refractivity contribution in [2.75, 3.05) is 38.0 Å². The molecule has 0 spiro atoms. The lowest BCUT2D eigenvalue weighted by atomic mass is 10.1. The average Bonchev–Trinajstić information content (AvgIpc) is 3.09. The predicted molar refractivity (Wildman–Crippen MR) is 100.0 cm³/mol. The van der Waals surface area contributed by atoms with Gasteiger partial charge in [-0.15, -0.1) is 23.2 Å². The van der Waals surface area contributed by atoms with Crippen LogP contribution >= 0.6 is 23.2 Å². The molecule has 2 fully saturated rings. The van der Waals surface area contributed by atoms with Crippen molar-refractivity contribution in [2.45, 2.75) is 24.6 Å². The fourth-order valence-corrected chi connectivity index (χ4v) is 3.83. The third-order valence-electron chi connectivity index (χ3n) is 5.09. The summed E-state index contributed by atoms with van der Waals surface area (Å²) in [6.07, 6.45) is 0.501. The third-order valence-corrected chi connectivity index (χ3v) is 6.19. The number of aryl methyl sites for hydroxylation is 1. The van der Waals surface area contributed by atoms with Gasteiger partial charge in [-0.1, -0.05) is 17.7 Å². The molecule has 1 aromatic carbocycles. The van der Waals surface area contributed by atoms with Crippen LogP contribution in [0.3, 0.4) is 0 Å². The number of carbonyl (C=O) groups excluding carboxylic acids is 2. The standard InChI is InChI=1S/C18H23Cl2N3O2/c1-13-3-5-14(6-4-13)21-15(24)11-22-7-9-23(10-8-22)16(25)17(2)12-18(17,19)20/h3-6H,7-12H2,1-2H3,(H,21,24)/t17-/m1/s1. The van der Waals surface area contributed by atoms with Crippen LogP contribution in [0.15, 0.2) is 24.3 Å². The predicted octanol–water partition coefficient (Wildman–Crippen LogP) is 2.66. The second-order valence-electron chi connectivity index (χ2n) is 7.20. The van der Waals surface area contributed by atoms with Gasteiger partial charge in [-0.2, -0.15) is 0 Å². The van der Waals surface area contributed by atoms with Gasteiger partial charge in [0.1, 0.15) is 4.33 Å². The van der Waals surface area contributed by atoms with E-state index in [1.54, 1.807) is 4.90 Å². The second-order valence-corrected chi connectivity index (χ2v) is 8.68. The quantitative estimate of drug-likeness (QED) is 0.813. The highest BCUT2D eigenvalue weighted by Crippen LogP contribution is 2.64. The molecule has 7 heteroatoms. The molecule has 3 rings (SSSR count). The Labute approximate surface area is 158 Å². The number of piperazine rings is 1. The molecule has 136 valence electrons. The van der Waals surface area contributed by atoms with Crippen LogP contribution < -0.4 is 5.32 Å². The number of rotatable bonds is 4. The fraction of sp³-hybridized carbons (Fsp3) is 0.556. The summed E-state index contributed by atoms with van der Waals surface area (Å²) >= 11 is 12.2. The molecule has 25 heavy (non-hydrogen) atoms. The molecule has 0 aromatic heterocycles. The molecule has 1 heterocycles. The smallest absolute Gasteiger partial charge is 0.238 e. The van der Waals surface area contributed by atoms with Crippen LogP contribution in [0.4, 0.5) is 5.69 Å². The minimum atomic E-state index is -0.935. The first kappa shape index (κ1) is 18.5. The Balaban J connectivity index is 1.45. The maximum absolute atomic E-state index is 12.6. The van der Waals surface area contributed by atoms with Crippen molar-refractivity contribution >= 4 is 40.7 Å². The van der Waals surface area contributed by atoms with E-state index >= 15 is 0 Å². The Morgan fingerprint density at radius 2 is 1.68 bits per heavy atom. The zero-order chi connectivity index (χ0) is 18.2. The van der Waals surface area contributed by atoms with E-state index in [9.17, 15) is 9.59 Å². The summed E-state index contributed by atoms with van der Waals surface area (Å²) in [5.74, 6) is -0.0282. The maximum Gasteiger partial charge on any atom is 0.238 e. The number of amides is 2. The fourth-order valence-electron chi connectivity index (χ4n) is 3.13. The average molecular weight is 384 g/mol. The van der Waals surface area contributed by atoms with Crippen LogP contribution in [-0.2, 0) is 9.59 Å². The molecule has 0 bridgehead atoms. The third kappa shape index (κ3) is 3.94. The topological polar surface area (TPSA) is 52.7 Å². The van der Waals surface area contributed by atoms with Gasteiger partial charge in [0.05, 0.1) is 12.0 Å². The van der Waals surface area contributed by atoms with Gasteiger partial charge in [-0.25, -0.2) is 0 Å². The summed E-state index contributed by atoms with van der Waals surface area (Å²) in [6.45, 7) is 6.67. The first-order valence-corrected chi connectivity index (χ1v) is 9.23. The first-order valence-electron chi connectivity index (χ1n) is 8.47. The molecule has 1 saturated carbocycles. The Morgan fingerprint density at radius 1 is 1.12 bits per heavy atom. The van der Waals surface area contributed by atoms with Crippen LogP contribution in [-0.4, -0.2) is 58.7 Å². The van der Waals surface area contributed by atoms with E-state index < -0.39 is 9.75 Å². The monoisotopic (exact) mass is 383 g/mol. The van der Waals surface area contributed by atoms with Gasteiger partial charge >= 0.3 is 0 Å². The van der Waals surface area contributed by atoms with Crippen molar-refractivity contribution in [1.29, 1.82) is 0 Å². The van der Waals surface area contributed by atoms with Gasteiger partial charge in [0.2, 0.25) is 11.8 Å². The molecule has 1 aliphatic carbocycles. The molecule has 1 aromatic rings. The number of anilines is 1. The van der Waals surface area contributed by atoms with Gasteiger partial charge in [0.15, 0.2) is 0 Å². The lowest BCUT2D eigenvalue weighted by Gasteiger charge is -2.36. The molecule has 0 unspecified atom stereocenters. The van der Waals surface area contributed by atoms with Crippen LogP contribution in [0.1, 0.15) is 18.9 Å². The highest BCUT2D eigenvalue weighted by Gasteiger charge is 2.68. The molecule has 5 nitrogen and oxygen atoms in total. The molecular formula is C18H23Cl2N3O2. The number of hydrogen-bond donors (Lipinski definition) is 1. The summed E-state index contributed by atoms with van der Waals surface area (Å²) in [5, 5.41) is 2.90. The molecule has 2 aliphatic rings. The maximum atomic E-state index is 12.6. The minimum Gasteiger partial charge on any atom is -0.340 e. The van der Waals surface area contributed by atoms with E-state index in [2.05, 4.69) is 10.2 Å². The highest BCUT2D eigenvalue weighted by molar-refractivity contribution is 6.53. The van der Waals surface area contributed by atoms with Crippen LogP contribution in [0.5, 0.6) is 0 Å². The van der Waals surface area contributed by atoms with E-state index in [-0.39, 0.29) is 11.8 Å². The number of carbonyl (C=O) groups is 2.